The van der Waals surface area contributed by atoms with Gasteiger partial charge in [-0.25, -0.2) is 9.97 Å². The van der Waals surface area contributed by atoms with E-state index in [1.54, 1.807) is 17.4 Å². The van der Waals surface area contributed by atoms with Crippen molar-refractivity contribution in [3.05, 3.63) is 30.5 Å². The number of pyridine rings is 1. The van der Waals surface area contributed by atoms with Crippen LogP contribution in [0.3, 0.4) is 0 Å². The van der Waals surface area contributed by atoms with Crippen LogP contribution in [0.25, 0.3) is 11.3 Å². The molecule has 1 aliphatic carbocycles. The minimum absolute atomic E-state index is 0.128. The van der Waals surface area contributed by atoms with Crippen LogP contribution in [-0.4, -0.2) is 22.9 Å². The Labute approximate surface area is 149 Å². The maximum atomic E-state index is 12.7. The first kappa shape index (κ1) is 17.6. The topological polar surface area (TPSA) is 59.2 Å². The molecular weight excluding hydrogens is 314 g/mol. The number of oxazole rings is 1. The van der Waals surface area contributed by atoms with Crippen molar-refractivity contribution >= 4 is 11.7 Å². The Balaban J connectivity index is 1.81. The zero-order valence-electron chi connectivity index (χ0n) is 15.6. The number of rotatable bonds is 3. The highest BCUT2D eigenvalue weighted by atomic mass is 16.3. The molecule has 0 unspecified atom stereocenters. The predicted octanol–water partition coefficient (Wildman–Crippen LogP) is 4.58. The summed E-state index contributed by atoms with van der Waals surface area (Å²) >= 11 is 0. The number of aromatic nitrogens is 2. The Bertz CT molecular complexity index is 739. The van der Waals surface area contributed by atoms with Crippen LogP contribution >= 0.6 is 0 Å². The molecule has 1 aliphatic rings. The lowest BCUT2D eigenvalue weighted by Crippen LogP contribution is -2.34. The summed E-state index contributed by atoms with van der Waals surface area (Å²) in [5, 5.41) is 0. The minimum atomic E-state index is -0.137. The molecule has 0 atom stereocenters. The summed E-state index contributed by atoms with van der Waals surface area (Å²) in [6, 6.07) is 3.80. The Morgan fingerprint density at radius 1 is 1.24 bits per heavy atom. The smallest absolute Gasteiger partial charge is 0.230 e. The van der Waals surface area contributed by atoms with Crippen molar-refractivity contribution in [3.8, 4) is 11.3 Å². The van der Waals surface area contributed by atoms with Crippen LogP contribution in [0.15, 0.2) is 29.0 Å². The van der Waals surface area contributed by atoms with E-state index in [0.717, 1.165) is 36.9 Å². The molecule has 1 saturated carbocycles. The van der Waals surface area contributed by atoms with Crippen molar-refractivity contribution < 1.29 is 9.21 Å². The molecule has 5 nitrogen and oxygen atoms in total. The second-order valence-corrected chi connectivity index (χ2v) is 7.92. The first-order chi connectivity index (χ1) is 11.9. The summed E-state index contributed by atoms with van der Waals surface area (Å²) in [5.74, 6) is 1.66. The summed E-state index contributed by atoms with van der Waals surface area (Å²) in [5.41, 5.74) is 1.54. The fraction of sp³-hybridized carbons (Fsp3) is 0.550. The van der Waals surface area contributed by atoms with E-state index in [-0.39, 0.29) is 17.2 Å². The van der Waals surface area contributed by atoms with E-state index >= 15 is 0 Å². The molecule has 134 valence electrons. The van der Waals surface area contributed by atoms with Crippen LogP contribution in [0, 0.1) is 5.92 Å². The maximum absolute atomic E-state index is 12.7. The lowest BCUT2D eigenvalue weighted by molar-refractivity contribution is -0.123. The number of hydrogen-bond acceptors (Lipinski definition) is 4. The van der Waals surface area contributed by atoms with Gasteiger partial charge in [0.05, 0.1) is 0 Å². The van der Waals surface area contributed by atoms with Gasteiger partial charge >= 0.3 is 0 Å². The Morgan fingerprint density at radius 2 is 1.96 bits per heavy atom. The van der Waals surface area contributed by atoms with Crippen LogP contribution in [0.5, 0.6) is 0 Å². The van der Waals surface area contributed by atoms with Crippen molar-refractivity contribution in [2.75, 3.05) is 11.9 Å². The SMILES string of the molecule is CN(C(=O)C1CCCCC1)c1cc(-c2coc(C(C)(C)C)n2)ccn1. The summed E-state index contributed by atoms with van der Waals surface area (Å²) in [7, 11) is 1.81. The third-order valence-electron chi connectivity index (χ3n) is 4.82. The monoisotopic (exact) mass is 341 g/mol. The van der Waals surface area contributed by atoms with Gasteiger partial charge < -0.3 is 4.42 Å². The zero-order chi connectivity index (χ0) is 18.0. The predicted molar refractivity (Wildman–Crippen MR) is 98.4 cm³/mol. The highest BCUT2D eigenvalue weighted by Crippen LogP contribution is 2.29. The molecule has 1 fully saturated rings. The van der Waals surface area contributed by atoms with Crippen molar-refractivity contribution in [1.82, 2.24) is 9.97 Å². The molecule has 0 spiro atoms. The van der Waals surface area contributed by atoms with Gasteiger partial charge in [0.1, 0.15) is 17.8 Å². The Kier molecular flexibility index (Phi) is 4.93. The van der Waals surface area contributed by atoms with Gasteiger partial charge in [0.25, 0.3) is 0 Å². The van der Waals surface area contributed by atoms with Crippen LogP contribution in [0.2, 0.25) is 0 Å². The van der Waals surface area contributed by atoms with E-state index in [1.807, 2.05) is 19.2 Å². The number of hydrogen-bond donors (Lipinski definition) is 0. The second-order valence-electron chi connectivity index (χ2n) is 7.92. The van der Waals surface area contributed by atoms with Crippen molar-refractivity contribution in [2.24, 2.45) is 5.92 Å². The first-order valence-electron chi connectivity index (χ1n) is 9.06. The number of anilines is 1. The average molecular weight is 341 g/mol. The van der Waals surface area contributed by atoms with E-state index in [4.69, 9.17) is 4.42 Å². The molecule has 0 aromatic carbocycles. The van der Waals surface area contributed by atoms with Gasteiger partial charge in [-0.05, 0) is 25.0 Å². The fourth-order valence-corrected chi connectivity index (χ4v) is 3.25. The second kappa shape index (κ2) is 6.98. The van der Waals surface area contributed by atoms with Crippen LogP contribution in [0.1, 0.15) is 58.8 Å². The zero-order valence-corrected chi connectivity index (χ0v) is 15.6. The molecule has 25 heavy (non-hydrogen) atoms. The van der Waals surface area contributed by atoms with Gasteiger partial charge in [0.2, 0.25) is 5.91 Å². The average Bonchev–Trinajstić information content (AvgIpc) is 3.12. The molecule has 5 heteroatoms. The number of nitrogens with zero attached hydrogens (tertiary/aromatic N) is 3. The molecule has 2 aromatic heterocycles. The largest absolute Gasteiger partial charge is 0.448 e. The normalized spacial score (nSPS) is 16.0. The maximum Gasteiger partial charge on any atom is 0.230 e. The van der Waals surface area contributed by atoms with E-state index in [9.17, 15) is 4.79 Å². The molecule has 2 aromatic rings. The van der Waals surface area contributed by atoms with Gasteiger partial charge in [0.15, 0.2) is 5.89 Å². The number of amides is 1. The lowest BCUT2D eigenvalue weighted by atomic mass is 9.88. The summed E-state index contributed by atoms with van der Waals surface area (Å²) in [4.78, 5) is 23.4. The van der Waals surface area contributed by atoms with Gasteiger partial charge in [-0.15, -0.1) is 0 Å². The van der Waals surface area contributed by atoms with Crippen LogP contribution in [-0.2, 0) is 10.2 Å². The van der Waals surface area contributed by atoms with Crippen molar-refractivity contribution in [2.45, 2.75) is 58.3 Å². The van der Waals surface area contributed by atoms with Gasteiger partial charge in [0, 0.05) is 30.1 Å². The highest BCUT2D eigenvalue weighted by Gasteiger charge is 2.26. The molecule has 0 radical (unpaired) electrons. The first-order valence-corrected chi connectivity index (χ1v) is 9.06. The molecule has 0 N–H and O–H groups in total. The van der Waals surface area contributed by atoms with Gasteiger partial charge in [-0.2, -0.15) is 0 Å². The van der Waals surface area contributed by atoms with Crippen LogP contribution < -0.4 is 4.90 Å². The molecule has 0 saturated heterocycles. The molecule has 0 aliphatic heterocycles. The minimum Gasteiger partial charge on any atom is -0.448 e. The van der Waals surface area contributed by atoms with E-state index in [0.29, 0.717) is 11.7 Å². The summed E-state index contributed by atoms with van der Waals surface area (Å²) in [6.07, 6.45) is 8.90. The third-order valence-corrected chi connectivity index (χ3v) is 4.82. The summed E-state index contributed by atoms with van der Waals surface area (Å²) in [6.45, 7) is 6.20. The van der Waals surface area contributed by atoms with Gasteiger partial charge in [-0.3, -0.25) is 9.69 Å². The lowest BCUT2D eigenvalue weighted by Gasteiger charge is -2.26. The van der Waals surface area contributed by atoms with E-state index in [2.05, 4.69) is 30.7 Å². The standard InChI is InChI=1S/C20H27N3O2/c1-20(2,3)19-22-16(13-25-19)15-10-11-21-17(12-15)23(4)18(24)14-8-6-5-7-9-14/h10-14H,5-9H2,1-4H3. The third kappa shape index (κ3) is 3.91. The molecular formula is C20H27N3O2. The van der Waals surface area contributed by atoms with E-state index < -0.39 is 0 Å². The van der Waals surface area contributed by atoms with Crippen LogP contribution in [0.4, 0.5) is 5.82 Å². The molecule has 1 amide bonds. The molecule has 2 heterocycles. The number of carbonyl (C=O) groups is 1. The highest BCUT2D eigenvalue weighted by molar-refractivity contribution is 5.94. The Morgan fingerprint density at radius 3 is 2.60 bits per heavy atom. The Hall–Kier alpha value is -2.17. The quantitative estimate of drug-likeness (QED) is 0.820. The van der Waals surface area contributed by atoms with Gasteiger partial charge in [-0.1, -0.05) is 40.0 Å². The van der Waals surface area contributed by atoms with E-state index in [1.165, 1.54) is 6.42 Å². The molecule has 0 bridgehead atoms. The fourth-order valence-electron chi connectivity index (χ4n) is 3.25. The molecule has 3 rings (SSSR count). The summed E-state index contributed by atoms with van der Waals surface area (Å²) < 4.78 is 5.61. The van der Waals surface area contributed by atoms with Crippen molar-refractivity contribution in [3.63, 3.8) is 0 Å². The van der Waals surface area contributed by atoms with Crippen molar-refractivity contribution in [1.29, 1.82) is 0 Å². The number of carbonyl (C=O) groups excluding carboxylic acids is 1.